The average Bonchev–Trinajstić information content (AvgIpc) is 2.58. The average molecular weight is 341 g/mol. The van der Waals surface area contributed by atoms with Crippen molar-refractivity contribution >= 4 is 5.91 Å². The zero-order chi connectivity index (χ0) is 17.7. The van der Waals surface area contributed by atoms with Gasteiger partial charge in [0.1, 0.15) is 5.82 Å². The highest BCUT2D eigenvalue weighted by atomic mass is 19.1. The van der Waals surface area contributed by atoms with Crippen molar-refractivity contribution in [2.24, 2.45) is 0 Å². The Morgan fingerprint density at radius 2 is 1.92 bits per heavy atom. The van der Waals surface area contributed by atoms with E-state index in [1.807, 2.05) is 36.4 Å². The first-order valence-electron chi connectivity index (χ1n) is 8.88. The van der Waals surface area contributed by atoms with Gasteiger partial charge in [-0.25, -0.2) is 4.39 Å². The second kappa shape index (κ2) is 7.79. The third kappa shape index (κ3) is 3.74. The summed E-state index contributed by atoms with van der Waals surface area (Å²) >= 11 is 0. The van der Waals surface area contributed by atoms with Crippen LogP contribution in [0.5, 0.6) is 0 Å². The normalized spacial score (nSPS) is 16.7. The van der Waals surface area contributed by atoms with E-state index in [-0.39, 0.29) is 24.4 Å². The van der Waals surface area contributed by atoms with Crippen LogP contribution in [-0.2, 0) is 10.2 Å². The van der Waals surface area contributed by atoms with Crippen molar-refractivity contribution < 1.29 is 14.3 Å². The molecule has 2 aromatic rings. The number of carbonyl (C=O) groups excluding carboxylic acids is 1. The van der Waals surface area contributed by atoms with Gasteiger partial charge in [0.25, 0.3) is 0 Å². The lowest BCUT2D eigenvalue weighted by Gasteiger charge is -2.41. The van der Waals surface area contributed by atoms with Crippen molar-refractivity contribution in [3.05, 3.63) is 71.5 Å². The quantitative estimate of drug-likeness (QED) is 0.803. The van der Waals surface area contributed by atoms with Crippen LogP contribution in [0.4, 0.5) is 4.39 Å². The summed E-state index contributed by atoms with van der Waals surface area (Å²) in [6, 6.07) is 16.0. The summed E-state index contributed by atoms with van der Waals surface area (Å²) in [5.74, 6) is -0.354. The van der Waals surface area contributed by atoms with Crippen LogP contribution in [0.3, 0.4) is 0 Å². The SMILES string of the molecule is O=C(NC(CCCO)c1ccccc1)C1(c2cccc(F)c2)CCC1. The largest absolute Gasteiger partial charge is 0.396 e. The number of rotatable bonds is 7. The minimum absolute atomic E-state index is 0.0452. The molecule has 0 bridgehead atoms. The van der Waals surface area contributed by atoms with Crippen LogP contribution in [0.2, 0.25) is 0 Å². The van der Waals surface area contributed by atoms with E-state index in [0.717, 1.165) is 30.4 Å². The summed E-state index contributed by atoms with van der Waals surface area (Å²) in [6.45, 7) is 0.0915. The lowest BCUT2D eigenvalue weighted by Crippen LogP contribution is -2.50. The summed E-state index contributed by atoms with van der Waals surface area (Å²) in [5.41, 5.74) is 1.15. The lowest BCUT2D eigenvalue weighted by molar-refractivity contribution is -0.130. The Morgan fingerprint density at radius 1 is 1.16 bits per heavy atom. The van der Waals surface area contributed by atoms with Crippen LogP contribution < -0.4 is 5.32 Å². The monoisotopic (exact) mass is 341 g/mol. The molecule has 1 aliphatic carbocycles. The van der Waals surface area contributed by atoms with Gasteiger partial charge >= 0.3 is 0 Å². The summed E-state index contributed by atoms with van der Waals surface area (Å²) in [4.78, 5) is 13.1. The molecule has 1 amide bonds. The van der Waals surface area contributed by atoms with Crippen LogP contribution in [0.25, 0.3) is 0 Å². The Balaban J connectivity index is 1.82. The molecule has 132 valence electrons. The van der Waals surface area contributed by atoms with Crippen LogP contribution in [0.15, 0.2) is 54.6 Å². The zero-order valence-corrected chi connectivity index (χ0v) is 14.2. The minimum atomic E-state index is -0.631. The molecule has 0 spiro atoms. The zero-order valence-electron chi connectivity index (χ0n) is 14.2. The molecule has 1 aliphatic rings. The second-order valence-electron chi connectivity index (χ2n) is 6.75. The number of carbonyl (C=O) groups is 1. The van der Waals surface area contributed by atoms with E-state index in [4.69, 9.17) is 5.11 Å². The van der Waals surface area contributed by atoms with Crippen LogP contribution in [-0.4, -0.2) is 17.6 Å². The molecule has 2 N–H and O–H groups in total. The smallest absolute Gasteiger partial charge is 0.231 e. The molecular weight excluding hydrogens is 317 g/mol. The summed E-state index contributed by atoms with van der Waals surface area (Å²) in [5, 5.41) is 12.3. The van der Waals surface area contributed by atoms with Gasteiger partial charge in [0, 0.05) is 6.61 Å². The molecule has 1 atom stereocenters. The number of hydrogen-bond donors (Lipinski definition) is 2. The molecule has 1 fully saturated rings. The molecule has 25 heavy (non-hydrogen) atoms. The van der Waals surface area contributed by atoms with Gasteiger partial charge in [-0.05, 0) is 48.9 Å². The predicted molar refractivity (Wildman–Crippen MR) is 95.6 cm³/mol. The van der Waals surface area contributed by atoms with E-state index in [2.05, 4.69) is 5.32 Å². The first-order chi connectivity index (χ1) is 12.2. The van der Waals surface area contributed by atoms with E-state index < -0.39 is 5.41 Å². The van der Waals surface area contributed by atoms with Crippen molar-refractivity contribution in [1.82, 2.24) is 5.32 Å². The van der Waals surface area contributed by atoms with Gasteiger partial charge < -0.3 is 10.4 Å². The topological polar surface area (TPSA) is 49.3 Å². The summed E-state index contributed by atoms with van der Waals surface area (Å²) in [6.07, 6.45) is 3.74. The first kappa shape index (κ1) is 17.6. The van der Waals surface area contributed by atoms with Crippen LogP contribution in [0, 0.1) is 5.82 Å². The van der Waals surface area contributed by atoms with Crippen molar-refractivity contribution in [2.75, 3.05) is 6.61 Å². The summed E-state index contributed by atoms with van der Waals surface area (Å²) < 4.78 is 13.7. The first-order valence-corrected chi connectivity index (χ1v) is 8.88. The Kier molecular flexibility index (Phi) is 5.49. The third-order valence-electron chi connectivity index (χ3n) is 5.18. The highest BCUT2D eigenvalue weighted by molar-refractivity contribution is 5.89. The van der Waals surface area contributed by atoms with E-state index in [9.17, 15) is 9.18 Å². The lowest BCUT2D eigenvalue weighted by atomic mass is 9.63. The van der Waals surface area contributed by atoms with Gasteiger partial charge in [0.05, 0.1) is 11.5 Å². The maximum Gasteiger partial charge on any atom is 0.231 e. The number of amides is 1. The fraction of sp³-hybridized carbons (Fsp3) is 0.381. The third-order valence-corrected chi connectivity index (χ3v) is 5.18. The molecule has 0 heterocycles. The number of benzene rings is 2. The van der Waals surface area contributed by atoms with Gasteiger partial charge in [-0.1, -0.05) is 48.9 Å². The van der Waals surface area contributed by atoms with Gasteiger partial charge in [0.2, 0.25) is 5.91 Å². The molecular formula is C21H24FNO2. The van der Waals surface area contributed by atoms with E-state index in [1.165, 1.54) is 12.1 Å². The molecule has 1 saturated carbocycles. The Morgan fingerprint density at radius 3 is 2.52 bits per heavy atom. The van der Waals surface area contributed by atoms with Crippen molar-refractivity contribution in [1.29, 1.82) is 0 Å². The number of aliphatic hydroxyl groups is 1. The van der Waals surface area contributed by atoms with E-state index in [1.54, 1.807) is 6.07 Å². The number of aliphatic hydroxyl groups excluding tert-OH is 1. The van der Waals surface area contributed by atoms with Gasteiger partial charge in [0.15, 0.2) is 0 Å². The predicted octanol–water partition coefficient (Wildman–Crippen LogP) is 3.88. The fourth-order valence-corrected chi connectivity index (χ4v) is 3.56. The molecule has 0 saturated heterocycles. The Labute approximate surface area is 147 Å². The van der Waals surface area contributed by atoms with Gasteiger partial charge in [-0.2, -0.15) is 0 Å². The van der Waals surface area contributed by atoms with Crippen molar-refractivity contribution in [2.45, 2.75) is 43.6 Å². The Hall–Kier alpha value is -2.20. The van der Waals surface area contributed by atoms with Gasteiger partial charge in [-0.15, -0.1) is 0 Å². The highest BCUT2D eigenvalue weighted by Crippen LogP contribution is 2.44. The molecule has 3 nitrogen and oxygen atoms in total. The molecule has 4 heteroatoms. The van der Waals surface area contributed by atoms with Crippen molar-refractivity contribution in [3.63, 3.8) is 0 Å². The fourth-order valence-electron chi connectivity index (χ4n) is 3.56. The van der Waals surface area contributed by atoms with E-state index in [0.29, 0.717) is 12.8 Å². The Bertz CT molecular complexity index is 713. The van der Waals surface area contributed by atoms with Gasteiger partial charge in [-0.3, -0.25) is 4.79 Å². The van der Waals surface area contributed by atoms with Crippen LogP contribution >= 0.6 is 0 Å². The molecule has 0 radical (unpaired) electrons. The number of halogens is 1. The molecule has 3 rings (SSSR count). The van der Waals surface area contributed by atoms with E-state index >= 15 is 0 Å². The maximum absolute atomic E-state index is 13.7. The van der Waals surface area contributed by atoms with Crippen LogP contribution in [0.1, 0.15) is 49.3 Å². The molecule has 0 aromatic heterocycles. The number of hydrogen-bond acceptors (Lipinski definition) is 2. The molecule has 2 aromatic carbocycles. The second-order valence-corrected chi connectivity index (χ2v) is 6.75. The van der Waals surface area contributed by atoms with Crippen molar-refractivity contribution in [3.8, 4) is 0 Å². The standard InChI is InChI=1S/C21H24FNO2/c22-18-10-4-9-17(15-18)21(12-6-13-21)20(25)23-19(11-5-14-24)16-7-2-1-3-8-16/h1-4,7-10,15,19,24H,5-6,11-14H2,(H,23,25). The molecule has 0 aliphatic heterocycles. The number of nitrogens with one attached hydrogen (secondary N) is 1. The molecule has 1 unspecified atom stereocenters. The maximum atomic E-state index is 13.7. The highest BCUT2D eigenvalue weighted by Gasteiger charge is 2.46. The minimum Gasteiger partial charge on any atom is -0.396 e. The summed E-state index contributed by atoms with van der Waals surface area (Å²) in [7, 11) is 0.